The minimum absolute atomic E-state index is 0.0250. The van der Waals surface area contributed by atoms with E-state index < -0.39 is 12.1 Å². The monoisotopic (exact) mass is 274 g/mol. The number of aliphatic imine (C=N–C) groups is 1. The van der Waals surface area contributed by atoms with E-state index >= 15 is 0 Å². The molecule has 0 saturated carbocycles. The van der Waals surface area contributed by atoms with Crippen LogP contribution < -0.4 is 5.32 Å². The van der Waals surface area contributed by atoms with Crippen molar-refractivity contribution in [3.63, 3.8) is 0 Å². The van der Waals surface area contributed by atoms with Crippen molar-refractivity contribution in [2.24, 2.45) is 21.1 Å². The van der Waals surface area contributed by atoms with E-state index in [1.807, 2.05) is 44.2 Å². The first-order valence-corrected chi connectivity index (χ1v) is 6.58. The van der Waals surface area contributed by atoms with E-state index in [1.165, 1.54) is 0 Å². The molecule has 2 N–H and O–H groups in total. The van der Waals surface area contributed by atoms with Crippen LogP contribution in [-0.4, -0.2) is 29.6 Å². The first kappa shape index (κ1) is 14.5. The maximum Gasteiger partial charge on any atom is 0.387 e. The van der Waals surface area contributed by atoms with Crippen molar-refractivity contribution < 1.29 is 9.90 Å². The predicted octanol–water partition coefficient (Wildman–Crippen LogP) is 2.32. The standard InChI is InChI=1S/C14H18N4O2/c1-9(13-16-14(20)18-17-13)10(2)15-8-12(19)11-6-4-3-5-7-11/h3-7,9-10,12,15,19H,8H2,1-2H3. The summed E-state index contributed by atoms with van der Waals surface area (Å²) in [6.07, 6.45) is -0.570. The molecule has 3 unspecified atom stereocenters. The third-order valence-corrected chi connectivity index (χ3v) is 3.42. The Bertz CT molecular complexity index is 527. The highest BCUT2D eigenvalue weighted by atomic mass is 16.3. The summed E-state index contributed by atoms with van der Waals surface area (Å²) in [4.78, 5) is 14.7. The van der Waals surface area contributed by atoms with Crippen LogP contribution in [0.15, 0.2) is 45.6 Å². The number of nitrogens with one attached hydrogen (secondary N) is 1. The van der Waals surface area contributed by atoms with Crippen LogP contribution in [0.5, 0.6) is 0 Å². The third-order valence-electron chi connectivity index (χ3n) is 3.42. The highest BCUT2D eigenvalue weighted by Crippen LogP contribution is 2.14. The average Bonchev–Trinajstić information content (AvgIpc) is 2.91. The number of carbonyl (C=O) groups excluding carboxylic acids is 1. The molecule has 3 atom stereocenters. The normalized spacial score (nSPS) is 18.8. The van der Waals surface area contributed by atoms with Gasteiger partial charge in [-0.1, -0.05) is 42.4 Å². The predicted molar refractivity (Wildman–Crippen MR) is 75.7 cm³/mol. The van der Waals surface area contributed by atoms with Crippen molar-refractivity contribution in [2.45, 2.75) is 26.0 Å². The van der Waals surface area contributed by atoms with Gasteiger partial charge in [0.2, 0.25) is 0 Å². The highest BCUT2D eigenvalue weighted by molar-refractivity contribution is 5.99. The molecule has 0 fully saturated rings. The summed E-state index contributed by atoms with van der Waals surface area (Å²) in [7, 11) is 0. The molecule has 1 aromatic carbocycles. The Kier molecular flexibility index (Phi) is 4.70. The number of aliphatic hydroxyl groups is 1. The molecule has 0 radical (unpaired) electrons. The van der Waals surface area contributed by atoms with E-state index in [9.17, 15) is 9.90 Å². The van der Waals surface area contributed by atoms with Crippen molar-refractivity contribution in [2.75, 3.05) is 6.54 Å². The summed E-state index contributed by atoms with van der Waals surface area (Å²) in [5, 5.41) is 20.4. The molecule has 20 heavy (non-hydrogen) atoms. The second-order valence-electron chi connectivity index (χ2n) is 4.86. The minimum Gasteiger partial charge on any atom is -0.387 e. The van der Waals surface area contributed by atoms with E-state index in [-0.39, 0.29) is 12.0 Å². The summed E-state index contributed by atoms with van der Waals surface area (Å²) >= 11 is 0. The molecule has 0 spiro atoms. The van der Waals surface area contributed by atoms with Crippen LogP contribution >= 0.6 is 0 Å². The van der Waals surface area contributed by atoms with E-state index in [1.54, 1.807) is 0 Å². The lowest BCUT2D eigenvalue weighted by Gasteiger charge is -2.21. The maximum absolute atomic E-state index is 10.9. The molecule has 0 aromatic heterocycles. The molecular weight excluding hydrogens is 256 g/mol. The molecule has 106 valence electrons. The van der Waals surface area contributed by atoms with Gasteiger partial charge in [-0.05, 0) is 12.5 Å². The molecule has 2 amide bonds. The molecule has 0 saturated heterocycles. The van der Waals surface area contributed by atoms with Crippen molar-refractivity contribution in [1.82, 2.24) is 5.32 Å². The number of amides is 2. The van der Waals surface area contributed by atoms with Gasteiger partial charge in [0, 0.05) is 18.5 Å². The van der Waals surface area contributed by atoms with E-state index in [4.69, 9.17) is 0 Å². The van der Waals surface area contributed by atoms with Crippen molar-refractivity contribution in [1.29, 1.82) is 0 Å². The molecule has 0 aliphatic carbocycles. The van der Waals surface area contributed by atoms with E-state index in [0.29, 0.717) is 12.4 Å². The third kappa shape index (κ3) is 3.55. The number of benzene rings is 1. The van der Waals surface area contributed by atoms with Gasteiger partial charge >= 0.3 is 6.03 Å². The Morgan fingerprint density at radius 1 is 1.20 bits per heavy atom. The summed E-state index contributed by atoms with van der Waals surface area (Å²) in [5.74, 6) is 0.386. The number of aliphatic hydroxyl groups excluding tert-OH is 1. The summed E-state index contributed by atoms with van der Waals surface area (Å²) in [5.41, 5.74) is 0.868. The Balaban J connectivity index is 1.86. The zero-order valence-electron chi connectivity index (χ0n) is 11.5. The Morgan fingerprint density at radius 2 is 1.90 bits per heavy atom. The smallest absolute Gasteiger partial charge is 0.387 e. The summed E-state index contributed by atoms with van der Waals surface area (Å²) in [6, 6.07) is 8.94. The average molecular weight is 274 g/mol. The first-order valence-electron chi connectivity index (χ1n) is 6.58. The Morgan fingerprint density at radius 3 is 2.50 bits per heavy atom. The number of nitrogens with zero attached hydrogens (tertiary/aromatic N) is 3. The first-order chi connectivity index (χ1) is 9.58. The highest BCUT2D eigenvalue weighted by Gasteiger charge is 2.23. The summed E-state index contributed by atoms with van der Waals surface area (Å²) in [6.45, 7) is 4.31. The Labute approximate surface area is 117 Å². The lowest BCUT2D eigenvalue weighted by atomic mass is 10.0. The van der Waals surface area contributed by atoms with Gasteiger partial charge in [0.05, 0.1) is 6.10 Å². The molecule has 1 aromatic rings. The topological polar surface area (TPSA) is 86.4 Å². The van der Waals surface area contributed by atoms with E-state index in [2.05, 4.69) is 20.5 Å². The van der Waals surface area contributed by atoms with Gasteiger partial charge in [-0.3, -0.25) is 0 Å². The molecular formula is C14H18N4O2. The lowest BCUT2D eigenvalue weighted by Crippen LogP contribution is -2.37. The van der Waals surface area contributed by atoms with Crippen molar-refractivity contribution in [3.05, 3.63) is 35.9 Å². The zero-order chi connectivity index (χ0) is 14.5. The summed E-state index contributed by atoms with van der Waals surface area (Å²) < 4.78 is 0. The largest absolute Gasteiger partial charge is 0.387 e. The van der Waals surface area contributed by atoms with Gasteiger partial charge in [0.1, 0.15) is 0 Å². The molecule has 1 heterocycles. The molecule has 0 bridgehead atoms. The van der Waals surface area contributed by atoms with Gasteiger partial charge in [-0.15, -0.1) is 5.11 Å². The quantitative estimate of drug-likeness (QED) is 0.834. The number of hydrogen-bond acceptors (Lipinski definition) is 4. The van der Waals surface area contributed by atoms with Gasteiger partial charge < -0.3 is 10.4 Å². The van der Waals surface area contributed by atoms with Crippen molar-refractivity contribution in [3.8, 4) is 0 Å². The van der Waals surface area contributed by atoms with Crippen LogP contribution in [0.3, 0.4) is 0 Å². The van der Waals surface area contributed by atoms with Crippen LogP contribution in [-0.2, 0) is 0 Å². The number of rotatable bonds is 6. The molecule has 6 heteroatoms. The lowest BCUT2D eigenvalue weighted by molar-refractivity contribution is 0.168. The number of urea groups is 1. The SMILES string of the molecule is CC(NCC(O)c1ccccc1)C(C)C1=NC(=O)N=N1. The molecule has 1 aliphatic rings. The number of azo groups is 1. The van der Waals surface area contributed by atoms with Crippen LogP contribution in [0.25, 0.3) is 0 Å². The van der Waals surface area contributed by atoms with Gasteiger partial charge in [-0.2, -0.15) is 4.99 Å². The molecule has 6 nitrogen and oxygen atoms in total. The minimum atomic E-state index is -0.570. The fourth-order valence-corrected chi connectivity index (χ4v) is 1.92. The number of amidine groups is 1. The Hall–Kier alpha value is -1.92. The fraction of sp³-hybridized carbons (Fsp3) is 0.429. The van der Waals surface area contributed by atoms with Gasteiger partial charge in [0.15, 0.2) is 5.84 Å². The number of carbonyl (C=O) groups is 1. The van der Waals surface area contributed by atoms with Crippen molar-refractivity contribution >= 4 is 11.9 Å². The van der Waals surface area contributed by atoms with E-state index in [0.717, 1.165) is 5.56 Å². The zero-order valence-corrected chi connectivity index (χ0v) is 11.5. The van der Waals surface area contributed by atoms with Gasteiger partial charge in [-0.25, -0.2) is 4.79 Å². The number of hydrogen-bond donors (Lipinski definition) is 2. The van der Waals surface area contributed by atoms with Crippen LogP contribution in [0.2, 0.25) is 0 Å². The van der Waals surface area contributed by atoms with Crippen LogP contribution in [0, 0.1) is 5.92 Å². The van der Waals surface area contributed by atoms with Gasteiger partial charge in [0.25, 0.3) is 0 Å². The second-order valence-corrected chi connectivity index (χ2v) is 4.86. The fourth-order valence-electron chi connectivity index (χ4n) is 1.92. The molecule has 1 aliphatic heterocycles. The van der Waals surface area contributed by atoms with Crippen LogP contribution in [0.1, 0.15) is 25.5 Å². The van der Waals surface area contributed by atoms with Crippen LogP contribution in [0.4, 0.5) is 4.79 Å². The molecule has 2 rings (SSSR count). The second kappa shape index (κ2) is 6.49. The maximum atomic E-state index is 10.9.